The van der Waals surface area contributed by atoms with Crippen LogP contribution < -0.4 is 11.1 Å². The van der Waals surface area contributed by atoms with E-state index < -0.39 is 20.0 Å². The van der Waals surface area contributed by atoms with Crippen LogP contribution in [0.4, 0.5) is 0 Å². The number of hydrogen-bond donors (Lipinski definition) is 4. The Kier molecular flexibility index (Phi) is 34.5. The van der Waals surface area contributed by atoms with Crippen molar-refractivity contribution in [1.82, 2.24) is 5.32 Å². The third-order valence-electron chi connectivity index (χ3n) is 8.87. The Labute approximate surface area is 290 Å². The largest absolute Gasteiger partial charge is 0.472 e. The van der Waals surface area contributed by atoms with Gasteiger partial charge in [0.15, 0.2) is 0 Å². The van der Waals surface area contributed by atoms with Crippen LogP contribution >= 0.6 is 7.82 Å². The molecule has 0 radical (unpaired) electrons. The van der Waals surface area contributed by atoms with E-state index in [1.807, 2.05) is 0 Å². The summed E-state index contributed by atoms with van der Waals surface area (Å²) in [6.07, 6.45) is 36.4. The van der Waals surface area contributed by atoms with Crippen molar-refractivity contribution in [3.63, 3.8) is 0 Å². The number of unbranched alkanes of at least 4 members (excludes halogenated alkanes) is 23. The Morgan fingerprint density at radius 2 is 1.13 bits per heavy atom. The number of hydrogen-bond acceptors (Lipinski definition) is 6. The molecule has 0 saturated heterocycles. The van der Waals surface area contributed by atoms with E-state index in [0.717, 1.165) is 51.4 Å². The Balaban J connectivity index is 4.18. The van der Waals surface area contributed by atoms with E-state index in [9.17, 15) is 19.4 Å². The van der Waals surface area contributed by atoms with Crippen molar-refractivity contribution in [1.29, 1.82) is 0 Å². The average molecular weight is 689 g/mol. The molecule has 280 valence electrons. The van der Waals surface area contributed by atoms with Gasteiger partial charge in [-0.15, -0.1) is 0 Å². The van der Waals surface area contributed by atoms with Crippen molar-refractivity contribution in [2.45, 2.75) is 206 Å². The molecule has 0 aliphatic carbocycles. The van der Waals surface area contributed by atoms with Crippen LogP contribution in [0, 0.1) is 0 Å². The molecule has 47 heavy (non-hydrogen) atoms. The number of rotatable bonds is 37. The minimum absolute atomic E-state index is 0.0890. The monoisotopic (exact) mass is 689 g/mol. The van der Waals surface area contributed by atoms with Gasteiger partial charge in [-0.25, -0.2) is 4.57 Å². The van der Waals surface area contributed by atoms with Gasteiger partial charge in [-0.3, -0.25) is 13.8 Å². The summed E-state index contributed by atoms with van der Waals surface area (Å²) < 4.78 is 22.1. The molecule has 9 heteroatoms. The second-order valence-corrected chi connectivity index (χ2v) is 14.9. The van der Waals surface area contributed by atoms with Crippen molar-refractivity contribution in [2.75, 3.05) is 19.8 Å². The van der Waals surface area contributed by atoms with E-state index in [0.29, 0.717) is 12.8 Å². The molecular weight excluding hydrogens is 611 g/mol. The normalized spacial score (nSPS) is 14.4. The molecule has 0 saturated carbocycles. The maximum atomic E-state index is 12.7. The number of amides is 1. The minimum atomic E-state index is -4.31. The van der Waals surface area contributed by atoms with Gasteiger partial charge >= 0.3 is 7.82 Å². The van der Waals surface area contributed by atoms with Gasteiger partial charge in [0.2, 0.25) is 5.91 Å². The second-order valence-electron chi connectivity index (χ2n) is 13.5. The average Bonchev–Trinajstić information content (AvgIpc) is 3.05. The maximum Gasteiger partial charge on any atom is 0.472 e. The van der Waals surface area contributed by atoms with Crippen LogP contribution in [-0.2, 0) is 18.4 Å². The summed E-state index contributed by atoms with van der Waals surface area (Å²) >= 11 is 0. The number of aliphatic hydroxyl groups is 1. The van der Waals surface area contributed by atoms with Crippen molar-refractivity contribution in [3.05, 3.63) is 12.2 Å². The smallest absolute Gasteiger partial charge is 0.391 e. The van der Waals surface area contributed by atoms with Crippen LogP contribution in [-0.4, -0.2) is 47.8 Å². The van der Waals surface area contributed by atoms with Crippen LogP contribution in [0.1, 0.15) is 194 Å². The first-order chi connectivity index (χ1) is 22.9. The number of nitrogens with one attached hydrogen (secondary N) is 1. The van der Waals surface area contributed by atoms with Gasteiger partial charge in [0.1, 0.15) is 0 Å². The number of allylic oxidation sites excluding steroid dienone is 2. The van der Waals surface area contributed by atoms with Gasteiger partial charge in [0.05, 0.1) is 25.4 Å². The van der Waals surface area contributed by atoms with Crippen LogP contribution in [0.5, 0.6) is 0 Å². The van der Waals surface area contributed by atoms with E-state index in [-0.39, 0.29) is 25.7 Å². The predicted octanol–water partition coefficient (Wildman–Crippen LogP) is 10.4. The molecule has 0 spiro atoms. The first-order valence-corrected chi connectivity index (χ1v) is 21.3. The molecule has 1 amide bonds. The predicted molar refractivity (Wildman–Crippen MR) is 198 cm³/mol. The summed E-state index contributed by atoms with van der Waals surface area (Å²) in [5, 5.41) is 13.7. The Hall–Kier alpha value is -0.760. The van der Waals surface area contributed by atoms with Crippen LogP contribution in [0.15, 0.2) is 12.2 Å². The number of phosphoric ester groups is 1. The molecule has 0 bridgehead atoms. The number of nitrogens with two attached hydrogens (primary N) is 1. The summed E-state index contributed by atoms with van der Waals surface area (Å²) in [5.41, 5.74) is 5.36. The molecule has 0 aromatic heterocycles. The van der Waals surface area contributed by atoms with Crippen LogP contribution in [0.2, 0.25) is 0 Å². The quantitative estimate of drug-likeness (QED) is 0.0290. The fourth-order valence-corrected chi connectivity index (χ4v) is 6.58. The zero-order valence-electron chi connectivity index (χ0n) is 30.8. The summed E-state index contributed by atoms with van der Waals surface area (Å²) in [6.45, 7) is 4.16. The maximum absolute atomic E-state index is 12.7. The Morgan fingerprint density at radius 3 is 1.64 bits per heavy atom. The molecule has 0 fully saturated rings. The van der Waals surface area contributed by atoms with Gasteiger partial charge in [-0.2, -0.15) is 0 Å². The zero-order chi connectivity index (χ0) is 34.7. The highest BCUT2D eigenvalue weighted by Crippen LogP contribution is 2.43. The highest BCUT2D eigenvalue weighted by Gasteiger charge is 2.27. The number of phosphoric acid groups is 1. The SMILES string of the molecule is CCCC/C=C\CCCCCCCC(=O)NC(COP(=O)(O)OCCN)C(O)CCCCCCCCCCCCCCCCCCC. The van der Waals surface area contributed by atoms with Gasteiger partial charge in [-0.1, -0.05) is 167 Å². The van der Waals surface area contributed by atoms with Gasteiger partial charge in [-0.05, 0) is 32.1 Å². The zero-order valence-corrected chi connectivity index (χ0v) is 31.7. The lowest BCUT2D eigenvalue weighted by Crippen LogP contribution is -2.46. The van der Waals surface area contributed by atoms with E-state index >= 15 is 0 Å². The molecule has 0 heterocycles. The number of carbonyl (C=O) groups is 1. The molecule has 0 aromatic rings. The molecule has 0 aliphatic rings. The number of aliphatic hydroxyl groups excluding tert-OH is 1. The number of carbonyl (C=O) groups excluding carboxylic acids is 1. The first-order valence-electron chi connectivity index (χ1n) is 19.8. The molecule has 5 N–H and O–H groups in total. The second kappa shape index (κ2) is 35.1. The summed E-state index contributed by atoms with van der Waals surface area (Å²) in [5.74, 6) is -0.172. The van der Waals surface area contributed by atoms with Gasteiger partial charge in [0.25, 0.3) is 0 Å². The lowest BCUT2D eigenvalue weighted by molar-refractivity contribution is -0.123. The third kappa shape index (κ3) is 33.5. The molecule has 3 atom stereocenters. The highest BCUT2D eigenvalue weighted by molar-refractivity contribution is 7.47. The molecule has 0 aliphatic heterocycles. The van der Waals surface area contributed by atoms with Crippen LogP contribution in [0.25, 0.3) is 0 Å². The lowest BCUT2D eigenvalue weighted by Gasteiger charge is -2.25. The molecule has 0 aromatic carbocycles. The van der Waals surface area contributed by atoms with Crippen molar-refractivity contribution in [2.24, 2.45) is 5.73 Å². The molecule has 3 unspecified atom stereocenters. The fraction of sp³-hybridized carbons (Fsp3) is 0.921. The van der Waals surface area contributed by atoms with E-state index in [2.05, 4.69) is 31.3 Å². The van der Waals surface area contributed by atoms with Crippen molar-refractivity contribution in [3.8, 4) is 0 Å². The van der Waals surface area contributed by atoms with Crippen molar-refractivity contribution < 1.29 is 28.4 Å². The third-order valence-corrected chi connectivity index (χ3v) is 9.85. The van der Waals surface area contributed by atoms with E-state index in [1.54, 1.807) is 0 Å². The summed E-state index contributed by atoms with van der Waals surface area (Å²) in [6, 6.07) is -0.773. The van der Waals surface area contributed by atoms with Gasteiger partial charge < -0.3 is 21.1 Å². The topological polar surface area (TPSA) is 131 Å². The van der Waals surface area contributed by atoms with Crippen LogP contribution in [0.3, 0.4) is 0 Å². The highest BCUT2D eigenvalue weighted by atomic mass is 31.2. The lowest BCUT2D eigenvalue weighted by atomic mass is 10.0. The first kappa shape index (κ1) is 46.2. The fourth-order valence-electron chi connectivity index (χ4n) is 5.82. The summed E-state index contributed by atoms with van der Waals surface area (Å²) in [7, 11) is -4.31. The molecular formula is C38H77N2O6P. The van der Waals surface area contributed by atoms with Gasteiger partial charge in [0, 0.05) is 13.0 Å². The summed E-state index contributed by atoms with van der Waals surface area (Å²) in [4.78, 5) is 22.6. The van der Waals surface area contributed by atoms with E-state index in [4.69, 9.17) is 14.8 Å². The minimum Gasteiger partial charge on any atom is -0.391 e. The molecule has 0 rings (SSSR count). The Morgan fingerprint density at radius 1 is 0.681 bits per heavy atom. The van der Waals surface area contributed by atoms with Crippen molar-refractivity contribution >= 4 is 13.7 Å². The standard InChI is InChI=1S/C38H77N2O6P/c1-3-5-7-9-11-13-15-16-17-18-19-20-22-23-25-27-29-31-37(41)36(35-46-47(43,44)45-34-33-39)40-38(42)32-30-28-26-24-21-14-12-10-8-6-4-2/h10,12,36-37,41H,3-9,11,13-35,39H2,1-2H3,(H,40,42)(H,43,44)/b12-10-. The Bertz CT molecular complexity index is 754. The molecule has 8 nitrogen and oxygen atoms in total. The van der Waals surface area contributed by atoms with E-state index in [1.165, 1.54) is 116 Å².